The average Bonchev–Trinajstić information content (AvgIpc) is 3.23. The second kappa shape index (κ2) is 8.51. The summed E-state index contributed by atoms with van der Waals surface area (Å²) in [5.74, 6) is 0.381. The number of methoxy groups -OCH3 is 2. The maximum atomic E-state index is 5.98. The molecule has 0 saturated carbocycles. The molecule has 4 rings (SSSR count). The van der Waals surface area contributed by atoms with E-state index < -0.39 is 0 Å². The molecule has 0 N–H and O–H groups in total. The molecule has 0 atom stereocenters. The first-order valence-corrected chi connectivity index (χ1v) is 9.65. The summed E-state index contributed by atoms with van der Waals surface area (Å²) >= 11 is 5.98. The van der Waals surface area contributed by atoms with Crippen molar-refractivity contribution in [3.8, 4) is 34.3 Å². The van der Waals surface area contributed by atoms with Gasteiger partial charge in [0.1, 0.15) is 5.69 Å². The molecule has 0 aliphatic heterocycles. The predicted octanol–water partition coefficient (Wildman–Crippen LogP) is 4.43. The Morgan fingerprint density at radius 3 is 2.53 bits per heavy atom. The fourth-order valence-corrected chi connectivity index (χ4v) is 3.28. The third-order valence-electron chi connectivity index (χ3n) is 4.70. The fraction of sp³-hybridized carbons (Fsp3) is 0.182. The summed E-state index contributed by atoms with van der Waals surface area (Å²) in [6.45, 7) is 2.69. The minimum atomic E-state index is 0.232. The minimum absolute atomic E-state index is 0.232. The minimum Gasteiger partial charge on any atom is -0.480 e. The van der Waals surface area contributed by atoms with Crippen molar-refractivity contribution < 1.29 is 9.47 Å². The van der Waals surface area contributed by atoms with Gasteiger partial charge in [0.05, 0.1) is 25.5 Å². The van der Waals surface area contributed by atoms with Crippen LogP contribution in [0.25, 0.3) is 22.4 Å². The summed E-state index contributed by atoms with van der Waals surface area (Å²) in [5, 5.41) is 9.38. The van der Waals surface area contributed by atoms with Crippen molar-refractivity contribution >= 4 is 11.6 Å². The third kappa shape index (κ3) is 4.11. The number of nitrogens with zero attached hydrogens (tertiary/aromatic N) is 5. The molecule has 0 saturated heterocycles. The summed E-state index contributed by atoms with van der Waals surface area (Å²) in [7, 11) is 3.05. The Kier molecular flexibility index (Phi) is 5.63. The van der Waals surface area contributed by atoms with Crippen LogP contribution in [-0.2, 0) is 6.54 Å². The highest BCUT2D eigenvalue weighted by molar-refractivity contribution is 6.30. The van der Waals surface area contributed by atoms with Gasteiger partial charge in [0.2, 0.25) is 5.88 Å². The lowest BCUT2D eigenvalue weighted by Crippen LogP contribution is -2.00. The highest BCUT2D eigenvalue weighted by Gasteiger charge is 2.15. The zero-order valence-corrected chi connectivity index (χ0v) is 17.6. The fourth-order valence-electron chi connectivity index (χ4n) is 3.16. The summed E-state index contributed by atoms with van der Waals surface area (Å²) in [6.07, 6.45) is 5.75. The molecule has 3 aromatic heterocycles. The number of hydrogen-bond acceptors (Lipinski definition) is 6. The number of hydrogen-bond donors (Lipinski definition) is 0. The molecule has 0 unspecified atom stereocenters. The van der Waals surface area contributed by atoms with Crippen LogP contribution in [0.2, 0.25) is 5.02 Å². The highest BCUT2D eigenvalue weighted by Crippen LogP contribution is 2.31. The summed E-state index contributed by atoms with van der Waals surface area (Å²) in [4.78, 5) is 8.40. The van der Waals surface area contributed by atoms with E-state index in [1.165, 1.54) is 12.7 Å². The highest BCUT2D eigenvalue weighted by atomic mass is 35.5. The molecular formula is C22H20ClN5O2. The van der Waals surface area contributed by atoms with E-state index >= 15 is 0 Å². The molecule has 1 aromatic carbocycles. The van der Waals surface area contributed by atoms with Gasteiger partial charge in [-0.05, 0) is 36.8 Å². The van der Waals surface area contributed by atoms with E-state index in [0.717, 1.165) is 28.4 Å². The van der Waals surface area contributed by atoms with E-state index in [0.29, 0.717) is 17.1 Å². The molecule has 0 bridgehead atoms. The molecule has 0 spiro atoms. The van der Waals surface area contributed by atoms with Crippen LogP contribution in [0.5, 0.6) is 11.9 Å². The Bertz CT molecular complexity index is 1170. The van der Waals surface area contributed by atoms with E-state index in [2.05, 4.69) is 37.0 Å². The smallest absolute Gasteiger partial charge is 0.319 e. The molecular weight excluding hydrogens is 402 g/mol. The standard InChI is InChI=1S/C22H20ClN5O2/c1-14-18(16-8-9-28(13-16)12-15-4-6-17(23)7-5-15)10-20(27-26-14)19-11-24-22(30-3)25-21(19)29-2/h4-11,13H,12H2,1-3H3. The lowest BCUT2D eigenvalue weighted by molar-refractivity contribution is 0.353. The van der Waals surface area contributed by atoms with Crippen LogP contribution in [-0.4, -0.2) is 39.0 Å². The molecule has 0 aliphatic rings. The van der Waals surface area contributed by atoms with Gasteiger partial charge in [0, 0.05) is 41.3 Å². The van der Waals surface area contributed by atoms with Gasteiger partial charge in [-0.25, -0.2) is 4.98 Å². The third-order valence-corrected chi connectivity index (χ3v) is 4.95. The lowest BCUT2D eigenvalue weighted by Gasteiger charge is -2.09. The molecule has 30 heavy (non-hydrogen) atoms. The molecule has 0 fully saturated rings. The van der Waals surface area contributed by atoms with Gasteiger partial charge in [-0.1, -0.05) is 23.7 Å². The molecule has 7 nitrogen and oxygen atoms in total. The van der Waals surface area contributed by atoms with Crippen LogP contribution >= 0.6 is 11.6 Å². The van der Waals surface area contributed by atoms with Crippen molar-refractivity contribution in [2.24, 2.45) is 0 Å². The van der Waals surface area contributed by atoms with Crippen molar-refractivity contribution in [3.05, 3.63) is 71.3 Å². The predicted molar refractivity (Wildman–Crippen MR) is 115 cm³/mol. The van der Waals surface area contributed by atoms with Crippen molar-refractivity contribution in [2.75, 3.05) is 14.2 Å². The SMILES string of the molecule is COc1ncc(-c2cc(-c3ccn(Cc4ccc(Cl)cc4)c3)c(C)nn2)c(OC)n1. The van der Waals surface area contributed by atoms with E-state index in [-0.39, 0.29) is 6.01 Å². The topological polar surface area (TPSA) is 75.0 Å². The Hall–Kier alpha value is -3.45. The van der Waals surface area contributed by atoms with E-state index in [4.69, 9.17) is 21.1 Å². The number of benzene rings is 1. The molecule has 152 valence electrons. The summed E-state index contributed by atoms with van der Waals surface area (Å²) in [6, 6.07) is 12.1. The molecule has 0 aliphatic carbocycles. The second-order valence-corrected chi connectivity index (χ2v) is 7.14. The van der Waals surface area contributed by atoms with Crippen LogP contribution in [0, 0.1) is 6.92 Å². The van der Waals surface area contributed by atoms with Gasteiger partial charge in [0.15, 0.2) is 0 Å². The van der Waals surface area contributed by atoms with Gasteiger partial charge in [-0.15, -0.1) is 5.10 Å². The van der Waals surface area contributed by atoms with Crippen molar-refractivity contribution in [2.45, 2.75) is 13.5 Å². The normalized spacial score (nSPS) is 10.8. The van der Waals surface area contributed by atoms with Crippen LogP contribution in [0.1, 0.15) is 11.3 Å². The van der Waals surface area contributed by atoms with Gasteiger partial charge in [-0.3, -0.25) is 0 Å². The molecule has 4 aromatic rings. The first kappa shape index (κ1) is 19.8. The zero-order valence-electron chi connectivity index (χ0n) is 16.8. The maximum Gasteiger partial charge on any atom is 0.319 e. The Labute approximate surface area is 179 Å². The monoisotopic (exact) mass is 421 g/mol. The molecule has 3 heterocycles. The Morgan fingerprint density at radius 2 is 1.80 bits per heavy atom. The largest absolute Gasteiger partial charge is 0.480 e. The molecule has 0 amide bonds. The van der Waals surface area contributed by atoms with Gasteiger partial charge in [0.25, 0.3) is 0 Å². The van der Waals surface area contributed by atoms with Crippen LogP contribution in [0.15, 0.2) is 55.0 Å². The van der Waals surface area contributed by atoms with Crippen molar-refractivity contribution in [3.63, 3.8) is 0 Å². The number of halogens is 1. The van der Waals surface area contributed by atoms with Gasteiger partial charge >= 0.3 is 6.01 Å². The number of ether oxygens (including phenoxy) is 2. The lowest BCUT2D eigenvalue weighted by atomic mass is 10.1. The van der Waals surface area contributed by atoms with Crippen LogP contribution in [0.4, 0.5) is 0 Å². The van der Waals surface area contributed by atoms with Crippen LogP contribution < -0.4 is 9.47 Å². The summed E-state index contributed by atoms with van der Waals surface area (Å²) in [5.41, 5.74) is 5.30. The summed E-state index contributed by atoms with van der Waals surface area (Å²) < 4.78 is 12.6. The quantitative estimate of drug-likeness (QED) is 0.458. The first-order chi connectivity index (χ1) is 14.6. The van der Waals surface area contributed by atoms with E-state index in [9.17, 15) is 0 Å². The van der Waals surface area contributed by atoms with Crippen LogP contribution in [0.3, 0.4) is 0 Å². The maximum absolute atomic E-state index is 5.98. The molecule has 0 radical (unpaired) electrons. The van der Waals surface area contributed by atoms with E-state index in [1.54, 1.807) is 13.3 Å². The second-order valence-electron chi connectivity index (χ2n) is 6.71. The Balaban J connectivity index is 1.66. The first-order valence-electron chi connectivity index (χ1n) is 9.27. The van der Waals surface area contributed by atoms with Gasteiger partial charge in [-0.2, -0.15) is 10.1 Å². The molecule has 8 heteroatoms. The van der Waals surface area contributed by atoms with Crippen molar-refractivity contribution in [1.82, 2.24) is 24.7 Å². The zero-order chi connectivity index (χ0) is 21.1. The number of aromatic nitrogens is 5. The number of aryl methyl sites for hydroxylation is 1. The van der Waals surface area contributed by atoms with E-state index in [1.807, 2.05) is 43.5 Å². The Morgan fingerprint density at radius 1 is 1.00 bits per heavy atom. The van der Waals surface area contributed by atoms with Gasteiger partial charge < -0.3 is 14.0 Å². The number of rotatable bonds is 6. The average molecular weight is 422 g/mol. The van der Waals surface area contributed by atoms with Crippen molar-refractivity contribution in [1.29, 1.82) is 0 Å².